The van der Waals surface area contributed by atoms with E-state index in [4.69, 9.17) is 5.73 Å². The molecule has 88 valence electrons. The molecular formula is C11H18N4O. The highest BCUT2D eigenvalue weighted by Gasteiger charge is 2.21. The Balaban J connectivity index is 2.23. The fraction of sp³-hybridized carbons (Fsp3) is 0.636. The van der Waals surface area contributed by atoms with Crippen LogP contribution in [-0.4, -0.2) is 29.2 Å². The molecular weight excluding hydrogens is 204 g/mol. The van der Waals surface area contributed by atoms with E-state index in [0.717, 1.165) is 25.9 Å². The normalized spacial score (nSPS) is 21.1. The van der Waals surface area contributed by atoms with Gasteiger partial charge in [0.15, 0.2) is 5.82 Å². The summed E-state index contributed by atoms with van der Waals surface area (Å²) in [6.45, 7) is 2.44. The number of rotatable bonds is 2. The van der Waals surface area contributed by atoms with Crippen LogP contribution in [0.5, 0.6) is 0 Å². The van der Waals surface area contributed by atoms with E-state index >= 15 is 0 Å². The average molecular weight is 222 g/mol. The number of hydrogen-bond donors (Lipinski definition) is 1. The second kappa shape index (κ2) is 4.65. The van der Waals surface area contributed by atoms with Crippen molar-refractivity contribution in [3.63, 3.8) is 0 Å². The number of hydrogen-bond acceptors (Lipinski definition) is 4. The van der Waals surface area contributed by atoms with Crippen LogP contribution < -0.4 is 16.2 Å². The van der Waals surface area contributed by atoms with Gasteiger partial charge in [-0.25, -0.2) is 4.98 Å². The molecule has 0 bridgehead atoms. The summed E-state index contributed by atoms with van der Waals surface area (Å²) in [7, 11) is 1.75. The number of anilines is 1. The summed E-state index contributed by atoms with van der Waals surface area (Å²) in [4.78, 5) is 18.1. The van der Waals surface area contributed by atoms with Crippen molar-refractivity contribution in [2.24, 2.45) is 18.7 Å². The largest absolute Gasteiger partial charge is 0.352 e. The quantitative estimate of drug-likeness (QED) is 0.762. The van der Waals surface area contributed by atoms with Gasteiger partial charge in [0, 0.05) is 32.5 Å². The van der Waals surface area contributed by atoms with Gasteiger partial charge in [-0.1, -0.05) is 0 Å². The van der Waals surface area contributed by atoms with Gasteiger partial charge in [-0.05, 0) is 25.3 Å². The Morgan fingerprint density at radius 1 is 1.62 bits per heavy atom. The predicted molar refractivity (Wildman–Crippen MR) is 63.5 cm³/mol. The van der Waals surface area contributed by atoms with Gasteiger partial charge in [-0.3, -0.25) is 4.79 Å². The standard InChI is InChI=1S/C11H18N4O/c1-14-6-4-13-10(11(14)16)15-5-2-3-9(7-12)8-15/h4,6,9H,2-3,5,7-8,12H2,1H3. The zero-order valence-corrected chi connectivity index (χ0v) is 9.59. The Morgan fingerprint density at radius 3 is 3.19 bits per heavy atom. The Bertz CT molecular complexity index is 415. The van der Waals surface area contributed by atoms with Crippen LogP contribution in [0.25, 0.3) is 0 Å². The minimum absolute atomic E-state index is 0.0276. The first-order valence-corrected chi connectivity index (χ1v) is 5.69. The van der Waals surface area contributed by atoms with Crippen LogP contribution >= 0.6 is 0 Å². The van der Waals surface area contributed by atoms with Crippen molar-refractivity contribution in [1.82, 2.24) is 9.55 Å². The fourth-order valence-electron chi connectivity index (χ4n) is 2.15. The van der Waals surface area contributed by atoms with E-state index in [1.807, 2.05) is 0 Å². The summed E-state index contributed by atoms with van der Waals surface area (Å²) in [5.74, 6) is 1.05. The van der Waals surface area contributed by atoms with Gasteiger partial charge in [0.25, 0.3) is 5.56 Å². The van der Waals surface area contributed by atoms with Crippen LogP contribution in [0.3, 0.4) is 0 Å². The molecule has 0 radical (unpaired) electrons. The minimum atomic E-state index is -0.0276. The number of nitrogens with zero attached hydrogens (tertiary/aromatic N) is 3. The van der Waals surface area contributed by atoms with Gasteiger partial charge in [-0.15, -0.1) is 0 Å². The van der Waals surface area contributed by atoms with Crippen molar-refractivity contribution in [3.05, 3.63) is 22.7 Å². The summed E-state index contributed by atoms with van der Waals surface area (Å²) >= 11 is 0. The third-order valence-corrected chi connectivity index (χ3v) is 3.15. The minimum Gasteiger partial charge on any atom is -0.352 e. The molecule has 2 heterocycles. The highest BCUT2D eigenvalue weighted by atomic mass is 16.1. The first-order chi connectivity index (χ1) is 7.72. The third kappa shape index (κ3) is 2.09. The smallest absolute Gasteiger partial charge is 0.293 e. The zero-order valence-electron chi connectivity index (χ0n) is 9.59. The van der Waals surface area contributed by atoms with Crippen LogP contribution in [0.15, 0.2) is 17.2 Å². The zero-order chi connectivity index (χ0) is 11.5. The maximum absolute atomic E-state index is 11.9. The van der Waals surface area contributed by atoms with Crippen molar-refractivity contribution in [1.29, 1.82) is 0 Å². The van der Waals surface area contributed by atoms with Gasteiger partial charge >= 0.3 is 0 Å². The molecule has 1 aliphatic rings. The van der Waals surface area contributed by atoms with E-state index < -0.39 is 0 Å². The molecule has 1 aromatic rings. The molecule has 16 heavy (non-hydrogen) atoms. The molecule has 2 N–H and O–H groups in total. The van der Waals surface area contributed by atoms with Crippen LogP contribution in [0.2, 0.25) is 0 Å². The molecule has 2 rings (SSSR count). The van der Waals surface area contributed by atoms with Gasteiger partial charge < -0.3 is 15.2 Å². The van der Waals surface area contributed by atoms with Crippen molar-refractivity contribution >= 4 is 5.82 Å². The van der Waals surface area contributed by atoms with Gasteiger partial charge in [-0.2, -0.15) is 0 Å². The van der Waals surface area contributed by atoms with E-state index in [0.29, 0.717) is 18.3 Å². The molecule has 1 saturated heterocycles. The Morgan fingerprint density at radius 2 is 2.44 bits per heavy atom. The molecule has 1 unspecified atom stereocenters. The van der Waals surface area contributed by atoms with E-state index in [9.17, 15) is 4.79 Å². The highest BCUT2D eigenvalue weighted by Crippen LogP contribution is 2.18. The van der Waals surface area contributed by atoms with Crippen molar-refractivity contribution in [2.45, 2.75) is 12.8 Å². The lowest BCUT2D eigenvalue weighted by atomic mass is 9.98. The summed E-state index contributed by atoms with van der Waals surface area (Å²) in [5, 5.41) is 0. The third-order valence-electron chi connectivity index (χ3n) is 3.15. The monoisotopic (exact) mass is 222 g/mol. The summed E-state index contributed by atoms with van der Waals surface area (Å²) < 4.78 is 1.56. The molecule has 0 saturated carbocycles. The Hall–Kier alpha value is -1.36. The van der Waals surface area contributed by atoms with Crippen molar-refractivity contribution < 1.29 is 0 Å². The molecule has 5 heteroatoms. The summed E-state index contributed by atoms with van der Waals surface area (Å²) in [6.07, 6.45) is 5.58. The number of aryl methyl sites for hydroxylation is 1. The molecule has 1 atom stereocenters. The molecule has 0 aromatic carbocycles. The lowest BCUT2D eigenvalue weighted by molar-refractivity contribution is 0.420. The number of piperidine rings is 1. The SMILES string of the molecule is Cn1ccnc(N2CCCC(CN)C2)c1=O. The van der Waals surface area contributed by atoms with Crippen molar-refractivity contribution in [3.8, 4) is 0 Å². The molecule has 0 spiro atoms. The topological polar surface area (TPSA) is 64.2 Å². The van der Waals surface area contributed by atoms with Crippen LogP contribution in [0.1, 0.15) is 12.8 Å². The molecule has 1 aromatic heterocycles. The van der Waals surface area contributed by atoms with E-state index in [2.05, 4.69) is 9.88 Å². The Labute approximate surface area is 94.9 Å². The van der Waals surface area contributed by atoms with Crippen LogP contribution in [0, 0.1) is 5.92 Å². The summed E-state index contributed by atoms with van der Waals surface area (Å²) in [5.41, 5.74) is 5.65. The Kier molecular flexibility index (Phi) is 3.24. The first kappa shape index (κ1) is 11.1. The maximum Gasteiger partial charge on any atom is 0.293 e. The van der Waals surface area contributed by atoms with E-state index in [1.54, 1.807) is 24.0 Å². The maximum atomic E-state index is 11.9. The predicted octanol–water partition coefficient (Wildman–Crippen LogP) is -0.0446. The van der Waals surface area contributed by atoms with E-state index in [1.165, 1.54) is 0 Å². The molecule has 0 aliphatic carbocycles. The number of nitrogens with two attached hydrogens (primary N) is 1. The fourth-order valence-corrected chi connectivity index (χ4v) is 2.15. The molecule has 1 aliphatic heterocycles. The average Bonchev–Trinajstić information content (AvgIpc) is 2.33. The highest BCUT2D eigenvalue weighted by molar-refractivity contribution is 5.36. The molecule has 0 amide bonds. The van der Waals surface area contributed by atoms with Gasteiger partial charge in [0.05, 0.1) is 0 Å². The second-order valence-electron chi connectivity index (χ2n) is 4.36. The lowest BCUT2D eigenvalue weighted by Gasteiger charge is -2.32. The van der Waals surface area contributed by atoms with Crippen LogP contribution in [-0.2, 0) is 7.05 Å². The summed E-state index contributed by atoms with van der Waals surface area (Å²) in [6, 6.07) is 0. The van der Waals surface area contributed by atoms with Crippen LogP contribution in [0.4, 0.5) is 5.82 Å². The van der Waals surface area contributed by atoms with Gasteiger partial charge in [0.1, 0.15) is 0 Å². The number of aromatic nitrogens is 2. The van der Waals surface area contributed by atoms with E-state index in [-0.39, 0.29) is 5.56 Å². The lowest BCUT2D eigenvalue weighted by Crippen LogP contribution is -2.42. The first-order valence-electron chi connectivity index (χ1n) is 5.69. The molecule has 1 fully saturated rings. The van der Waals surface area contributed by atoms with Gasteiger partial charge in [0.2, 0.25) is 0 Å². The van der Waals surface area contributed by atoms with Crippen molar-refractivity contribution in [2.75, 3.05) is 24.5 Å². The molecule has 5 nitrogen and oxygen atoms in total. The second-order valence-corrected chi connectivity index (χ2v) is 4.36.